The number of nitrogens with one attached hydrogen (secondary N) is 2. The molecule has 1 spiro atoms. The number of carbonyl (C=O) groups excluding carboxylic acids is 1. The molecule has 2 bridgehead atoms. The summed E-state index contributed by atoms with van der Waals surface area (Å²) in [6, 6.07) is 3.30. The second-order valence-electron chi connectivity index (χ2n) is 10.4. The Morgan fingerprint density at radius 3 is 2.81 bits per heavy atom. The number of pyridine rings is 1. The number of carbonyl (C=O) groups is 1. The van der Waals surface area contributed by atoms with Crippen LogP contribution in [0.1, 0.15) is 53.4 Å². The summed E-state index contributed by atoms with van der Waals surface area (Å²) in [4.78, 5) is 16.7. The van der Waals surface area contributed by atoms with Gasteiger partial charge in [-0.1, -0.05) is 27.7 Å². The van der Waals surface area contributed by atoms with Gasteiger partial charge in [0.25, 0.3) is 0 Å². The largest absolute Gasteiger partial charge is 0.378 e. The highest BCUT2D eigenvalue weighted by Gasteiger charge is 2.68. The van der Waals surface area contributed by atoms with Gasteiger partial charge in [-0.3, -0.25) is 9.78 Å². The molecule has 8 heteroatoms. The van der Waals surface area contributed by atoms with E-state index in [-0.39, 0.29) is 39.7 Å². The van der Waals surface area contributed by atoms with E-state index in [9.17, 15) is 13.2 Å². The minimum Gasteiger partial charge on any atom is -0.378 e. The molecule has 1 saturated heterocycles. The van der Waals surface area contributed by atoms with Crippen LogP contribution < -0.4 is 10.0 Å². The van der Waals surface area contributed by atoms with Gasteiger partial charge in [0, 0.05) is 37.5 Å². The van der Waals surface area contributed by atoms with Crippen LogP contribution in [0.5, 0.6) is 0 Å². The van der Waals surface area contributed by atoms with E-state index in [1.165, 1.54) is 6.20 Å². The number of rotatable bonds is 7. The second kappa shape index (κ2) is 8.12. The summed E-state index contributed by atoms with van der Waals surface area (Å²) in [5.41, 5.74) is 0.106. The minimum absolute atomic E-state index is 0.00454. The number of hydrogen-bond acceptors (Lipinski definition) is 5. The Balaban J connectivity index is 1.46. The Hall–Kier alpha value is -1.51. The molecule has 4 rings (SSSR count). The maximum atomic E-state index is 12.6. The van der Waals surface area contributed by atoms with Crippen LogP contribution in [0.15, 0.2) is 29.4 Å². The number of hydrogen-bond donors (Lipinski definition) is 2. The fourth-order valence-electron chi connectivity index (χ4n) is 6.43. The average molecular weight is 450 g/mol. The number of aromatic nitrogens is 1. The number of nitrogens with zero attached hydrogens (tertiary/aromatic N) is 1. The molecule has 31 heavy (non-hydrogen) atoms. The van der Waals surface area contributed by atoms with E-state index in [4.69, 9.17) is 4.74 Å². The van der Waals surface area contributed by atoms with Crippen LogP contribution in [-0.2, 0) is 19.6 Å². The van der Waals surface area contributed by atoms with Crippen molar-refractivity contribution in [1.82, 2.24) is 15.0 Å². The van der Waals surface area contributed by atoms with Crippen molar-refractivity contribution in [3.63, 3.8) is 0 Å². The smallest absolute Gasteiger partial charge is 0.242 e. The highest BCUT2D eigenvalue weighted by Crippen LogP contribution is 2.68. The van der Waals surface area contributed by atoms with Gasteiger partial charge in [0.2, 0.25) is 15.9 Å². The number of ether oxygens (including phenoxy) is 1. The first-order valence-corrected chi connectivity index (χ1v) is 12.9. The van der Waals surface area contributed by atoms with Gasteiger partial charge in [-0.25, -0.2) is 13.1 Å². The van der Waals surface area contributed by atoms with Crippen LogP contribution in [0.4, 0.5) is 0 Å². The summed E-state index contributed by atoms with van der Waals surface area (Å²) in [5.74, 6) is 0.971. The first-order valence-electron chi connectivity index (χ1n) is 11.4. The molecule has 172 valence electrons. The number of fused-ring (bicyclic) bond motifs is 1. The normalized spacial score (nSPS) is 34.0. The number of amides is 1. The molecule has 3 fully saturated rings. The van der Waals surface area contributed by atoms with Crippen molar-refractivity contribution in [2.75, 3.05) is 13.2 Å². The summed E-state index contributed by atoms with van der Waals surface area (Å²) < 4.78 is 33.9. The zero-order chi connectivity index (χ0) is 22.4. The molecule has 1 aliphatic heterocycles. The molecule has 0 aromatic carbocycles. The molecular weight excluding hydrogens is 414 g/mol. The highest BCUT2D eigenvalue weighted by atomic mass is 32.2. The lowest BCUT2D eigenvalue weighted by Crippen LogP contribution is -2.60. The molecule has 0 radical (unpaired) electrons. The van der Waals surface area contributed by atoms with Crippen molar-refractivity contribution >= 4 is 15.9 Å². The van der Waals surface area contributed by atoms with E-state index < -0.39 is 10.0 Å². The third-order valence-corrected chi connectivity index (χ3v) is 9.55. The molecule has 0 unspecified atom stereocenters. The van der Waals surface area contributed by atoms with Crippen LogP contribution in [0.25, 0.3) is 0 Å². The molecule has 2 saturated carbocycles. The summed E-state index contributed by atoms with van der Waals surface area (Å²) >= 11 is 0. The SMILES string of the molecule is CC(C)C(=O)N[C@H]1C(C)(C)[C@@H]2C[C@@H]3[C@@H](CCNS(=O)(=O)c4cccnc4)OCC[C@@]31C2. The van der Waals surface area contributed by atoms with Gasteiger partial charge < -0.3 is 10.1 Å². The summed E-state index contributed by atoms with van der Waals surface area (Å²) in [6.45, 7) is 9.44. The highest BCUT2D eigenvalue weighted by molar-refractivity contribution is 7.89. The second-order valence-corrected chi connectivity index (χ2v) is 12.2. The third kappa shape index (κ3) is 3.91. The molecule has 7 nitrogen and oxygen atoms in total. The standard InChI is InChI=1S/C23H35N3O4S/c1-15(2)20(27)26-21-22(3,4)16-12-18-19(30-11-8-23(18,21)13-16)7-10-25-31(28,29)17-6-5-9-24-14-17/h5-6,9,14-16,18-19,21,25H,7-8,10-13H2,1-4H3,(H,26,27)/t16-,18-,19-,21+,23-/m1/s1. The van der Waals surface area contributed by atoms with Crippen molar-refractivity contribution in [3.05, 3.63) is 24.5 Å². The minimum atomic E-state index is -3.58. The fourth-order valence-corrected chi connectivity index (χ4v) is 7.44. The van der Waals surface area contributed by atoms with Crippen LogP contribution in [0, 0.1) is 28.6 Å². The molecule has 1 amide bonds. The summed E-state index contributed by atoms with van der Waals surface area (Å²) in [5, 5.41) is 3.40. The van der Waals surface area contributed by atoms with Crippen molar-refractivity contribution < 1.29 is 17.9 Å². The summed E-state index contributed by atoms with van der Waals surface area (Å²) in [6.07, 6.45) is 6.71. The Kier molecular flexibility index (Phi) is 5.94. The number of sulfonamides is 1. The Morgan fingerprint density at radius 2 is 2.13 bits per heavy atom. The van der Waals surface area contributed by atoms with E-state index >= 15 is 0 Å². The van der Waals surface area contributed by atoms with E-state index in [0.717, 1.165) is 19.3 Å². The van der Waals surface area contributed by atoms with E-state index in [1.807, 2.05) is 13.8 Å². The van der Waals surface area contributed by atoms with Gasteiger partial charge in [-0.15, -0.1) is 0 Å². The lowest BCUT2D eigenvalue weighted by molar-refractivity contribution is -0.138. The molecule has 5 atom stereocenters. The lowest BCUT2D eigenvalue weighted by atomic mass is 9.59. The Bertz CT molecular complexity index is 918. The molecule has 2 N–H and O–H groups in total. The van der Waals surface area contributed by atoms with Gasteiger partial charge in [0.05, 0.1) is 6.10 Å². The van der Waals surface area contributed by atoms with E-state index in [1.54, 1.807) is 18.3 Å². The van der Waals surface area contributed by atoms with Crippen LogP contribution in [0.2, 0.25) is 0 Å². The monoisotopic (exact) mass is 449 g/mol. The van der Waals surface area contributed by atoms with Gasteiger partial charge in [-0.05, 0) is 60.5 Å². The predicted molar refractivity (Wildman–Crippen MR) is 118 cm³/mol. The third-order valence-electron chi connectivity index (χ3n) is 8.10. The predicted octanol–water partition coefficient (Wildman–Crippen LogP) is 2.73. The van der Waals surface area contributed by atoms with E-state index in [0.29, 0.717) is 31.4 Å². The van der Waals surface area contributed by atoms with E-state index in [2.05, 4.69) is 28.9 Å². The molecule has 2 aliphatic carbocycles. The van der Waals surface area contributed by atoms with Gasteiger partial charge in [0.1, 0.15) is 4.90 Å². The summed E-state index contributed by atoms with van der Waals surface area (Å²) in [7, 11) is -3.58. The lowest BCUT2D eigenvalue weighted by Gasteiger charge is -2.53. The van der Waals surface area contributed by atoms with Gasteiger partial charge >= 0.3 is 0 Å². The Labute approximate surface area is 185 Å². The average Bonchev–Trinajstić information content (AvgIpc) is 3.21. The molecule has 1 aromatic rings. The Morgan fingerprint density at radius 1 is 1.35 bits per heavy atom. The van der Waals surface area contributed by atoms with Crippen molar-refractivity contribution in [1.29, 1.82) is 0 Å². The van der Waals surface area contributed by atoms with Gasteiger partial charge in [0.15, 0.2) is 0 Å². The van der Waals surface area contributed by atoms with Crippen LogP contribution in [-0.4, -0.2) is 44.6 Å². The molecular formula is C23H35N3O4S. The maximum absolute atomic E-state index is 12.6. The van der Waals surface area contributed by atoms with Crippen LogP contribution in [0.3, 0.4) is 0 Å². The van der Waals surface area contributed by atoms with Gasteiger partial charge in [-0.2, -0.15) is 0 Å². The maximum Gasteiger partial charge on any atom is 0.242 e. The fraction of sp³-hybridized carbons (Fsp3) is 0.739. The molecule has 3 aliphatic rings. The zero-order valence-corrected chi connectivity index (χ0v) is 19.7. The molecule has 2 heterocycles. The first kappa shape index (κ1) is 22.7. The first-order chi connectivity index (χ1) is 14.6. The van der Waals surface area contributed by atoms with Crippen molar-refractivity contribution in [3.8, 4) is 0 Å². The quantitative estimate of drug-likeness (QED) is 0.667. The zero-order valence-electron chi connectivity index (χ0n) is 18.9. The van der Waals surface area contributed by atoms with Crippen LogP contribution >= 0.6 is 0 Å². The topological polar surface area (TPSA) is 97.4 Å². The van der Waals surface area contributed by atoms with Crippen molar-refractivity contribution in [2.24, 2.45) is 28.6 Å². The molecule has 1 aromatic heterocycles. The van der Waals surface area contributed by atoms with Crippen molar-refractivity contribution in [2.45, 2.75) is 70.4 Å².